The highest BCUT2D eigenvalue weighted by Crippen LogP contribution is 2.39. The van der Waals surface area contributed by atoms with Gasteiger partial charge in [0.25, 0.3) is 11.8 Å². The number of rotatable bonds is 19. The molecule has 6 rings (SSSR count). The number of aliphatic imine (C=N–C) groups is 1. The number of nitrogens with zero attached hydrogens (tertiary/aromatic N) is 4. The number of benzene rings is 5. The largest absolute Gasteiger partial charge is 0.508 e. The third-order valence-corrected chi connectivity index (χ3v) is 13.1. The lowest BCUT2D eigenvalue weighted by molar-refractivity contribution is -0.123. The monoisotopic (exact) mass is 966 g/mol. The normalized spacial score (nSPS) is 15.2. The number of hydrogen-bond acceptors (Lipinski definition) is 10. The van der Waals surface area contributed by atoms with Gasteiger partial charge in [0.15, 0.2) is 11.9 Å². The Labute approximate surface area is 392 Å². The molecule has 4 N–H and O–H groups in total. The van der Waals surface area contributed by atoms with Crippen molar-refractivity contribution < 1.29 is 33.0 Å². The number of hydrogen-bond donors (Lipinski definition) is 4. The van der Waals surface area contributed by atoms with Crippen LogP contribution in [0.2, 0.25) is 20.1 Å². The molecule has 0 radical (unpaired) electrons. The van der Waals surface area contributed by atoms with Gasteiger partial charge in [-0.05, 0) is 116 Å². The summed E-state index contributed by atoms with van der Waals surface area (Å²) in [6.07, 6.45) is 7.82. The molecule has 1 saturated heterocycles. The molecule has 1 fully saturated rings. The zero-order valence-corrected chi connectivity index (χ0v) is 38.7. The van der Waals surface area contributed by atoms with E-state index in [-0.39, 0.29) is 70.0 Å². The third kappa shape index (κ3) is 12.2. The van der Waals surface area contributed by atoms with E-state index in [4.69, 9.17) is 51.1 Å². The molecule has 0 bridgehead atoms. The van der Waals surface area contributed by atoms with Gasteiger partial charge >= 0.3 is 0 Å². The Bertz CT molecular complexity index is 2630. The number of sulfone groups is 1. The molecular weight excluding hydrogens is 922 g/mol. The molecule has 64 heavy (non-hydrogen) atoms. The van der Waals surface area contributed by atoms with Gasteiger partial charge in [-0.15, -0.1) is 0 Å². The summed E-state index contributed by atoms with van der Waals surface area (Å²) in [5.41, 5.74) is 4.37. The molecule has 1 aliphatic heterocycles. The van der Waals surface area contributed by atoms with Crippen LogP contribution >= 0.6 is 46.4 Å². The minimum absolute atomic E-state index is 0.0166. The van der Waals surface area contributed by atoms with Crippen LogP contribution in [-0.4, -0.2) is 48.4 Å². The molecule has 1 heterocycles. The number of azo groups is 1. The molecule has 1 aliphatic rings. The van der Waals surface area contributed by atoms with E-state index >= 15 is 0 Å². The van der Waals surface area contributed by atoms with E-state index in [2.05, 4.69) is 32.9 Å². The summed E-state index contributed by atoms with van der Waals surface area (Å²) < 4.78 is 32.7. The lowest BCUT2D eigenvalue weighted by Crippen LogP contribution is -2.36. The van der Waals surface area contributed by atoms with Crippen LogP contribution in [0.3, 0.4) is 0 Å². The maximum Gasteiger partial charge on any atom is 0.280 e. The van der Waals surface area contributed by atoms with Crippen molar-refractivity contribution in [2.45, 2.75) is 93.6 Å². The summed E-state index contributed by atoms with van der Waals surface area (Å²) in [5.74, 6) is -1.08. The third-order valence-electron chi connectivity index (χ3n) is 10.2. The van der Waals surface area contributed by atoms with Crippen LogP contribution in [0.1, 0.15) is 70.3 Å². The van der Waals surface area contributed by atoms with Crippen molar-refractivity contribution in [2.24, 2.45) is 15.2 Å². The minimum Gasteiger partial charge on any atom is -0.508 e. The van der Waals surface area contributed by atoms with Gasteiger partial charge < -0.3 is 20.3 Å². The predicted octanol–water partition coefficient (Wildman–Crippen LogP) is 12.5. The van der Waals surface area contributed by atoms with Crippen LogP contribution in [0.15, 0.2) is 122 Å². The first-order valence-corrected chi connectivity index (χ1v) is 23.6. The Hall–Kier alpha value is -5.38. The van der Waals surface area contributed by atoms with E-state index in [1.807, 2.05) is 6.92 Å². The van der Waals surface area contributed by atoms with E-state index in [9.17, 15) is 28.2 Å². The van der Waals surface area contributed by atoms with Crippen LogP contribution in [0.5, 0.6) is 17.2 Å². The predicted molar refractivity (Wildman–Crippen MR) is 252 cm³/mol. The number of unbranched alkanes of at least 4 members (excludes halogenated alkanes) is 7. The van der Waals surface area contributed by atoms with E-state index < -0.39 is 33.8 Å². The minimum atomic E-state index is -3.88. The van der Waals surface area contributed by atoms with Gasteiger partial charge in [0.05, 0.1) is 30.5 Å². The first-order valence-electron chi connectivity index (χ1n) is 20.6. The molecule has 5 aromatic carbocycles. The first kappa shape index (κ1) is 48.1. The number of amides is 2. The highest BCUT2D eigenvalue weighted by Gasteiger charge is 2.41. The Morgan fingerprint density at radius 2 is 1.42 bits per heavy atom. The number of anilines is 2. The fourth-order valence-electron chi connectivity index (χ4n) is 6.77. The number of aromatic hydroxyl groups is 2. The van der Waals surface area contributed by atoms with Crippen molar-refractivity contribution in [1.82, 2.24) is 5.43 Å². The second kappa shape index (κ2) is 22.0. The van der Waals surface area contributed by atoms with Gasteiger partial charge in [0.2, 0.25) is 15.9 Å². The quantitative estimate of drug-likeness (QED) is 0.0466. The van der Waals surface area contributed by atoms with Crippen molar-refractivity contribution in [3.63, 3.8) is 0 Å². The molecule has 13 nitrogen and oxygen atoms in total. The van der Waals surface area contributed by atoms with Crippen LogP contribution in [0, 0.1) is 6.92 Å². The highest BCUT2D eigenvalue weighted by molar-refractivity contribution is 7.91. The molecular formula is C46H46Cl4N6O7S. The van der Waals surface area contributed by atoms with Crippen molar-refractivity contribution in [1.29, 1.82) is 0 Å². The number of nitrogens with one attached hydrogen (secondary N) is 2. The Balaban J connectivity index is 1.25. The van der Waals surface area contributed by atoms with E-state index in [0.29, 0.717) is 18.5 Å². The first-order chi connectivity index (χ1) is 30.6. The van der Waals surface area contributed by atoms with Gasteiger partial charge in [0.1, 0.15) is 28.6 Å². The van der Waals surface area contributed by atoms with Gasteiger partial charge in [0, 0.05) is 10.7 Å². The van der Waals surface area contributed by atoms with Crippen LogP contribution in [0.25, 0.3) is 0 Å². The molecule has 2 atom stereocenters. The Morgan fingerprint density at radius 1 is 0.797 bits per heavy atom. The molecule has 0 aromatic heterocycles. The van der Waals surface area contributed by atoms with Crippen molar-refractivity contribution in [3.05, 3.63) is 123 Å². The van der Waals surface area contributed by atoms with E-state index in [0.717, 1.165) is 42.7 Å². The van der Waals surface area contributed by atoms with Gasteiger partial charge in [-0.25, -0.2) is 18.4 Å². The summed E-state index contributed by atoms with van der Waals surface area (Å²) in [7, 11) is -3.88. The van der Waals surface area contributed by atoms with Crippen LogP contribution < -0.4 is 20.5 Å². The fraction of sp³-hybridized carbons (Fsp3) is 0.283. The number of phenolic OH excluding ortho intramolecular Hbond substituents is 2. The smallest absolute Gasteiger partial charge is 0.280 e. The van der Waals surface area contributed by atoms with Gasteiger partial charge in [-0.2, -0.15) is 10.2 Å². The lowest BCUT2D eigenvalue weighted by Gasteiger charge is -2.20. The topological polar surface area (TPSA) is 182 Å². The number of halogens is 4. The molecule has 2 amide bonds. The molecule has 5 aromatic rings. The maximum atomic E-state index is 14.0. The zero-order chi connectivity index (χ0) is 46.0. The molecule has 0 saturated carbocycles. The number of aryl methyl sites for hydroxylation is 1. The summed E-state index contributed by atoms with van der Waals surface area (Å²) in [4.78, 5) is 32.7. The summed E-state index contributed by atoms with van der Waals surface area (Å²) in [6.45, 7) is 3.99. The summed E-state index contributed by atoms with van der Waals surface area (Å²) >= 11 is 25.8. The van der Waals surface area contributed by atoms with Crippen molar-refractivity contribution >= 4 is 96.6 Å². The second-order valence-corrected chi connectivity index (χ2v) is 18.7. The van der Waals surface area contributed by atoms with Gasteiger partial charge in [-0.3, -0.25) is 15.0 Å². The standard InChI is InChI=1S/C46H46Cl4N6O7S/c1-3-4-5-6-7-8-9-10-11-41(63-32-16-20-34(21-17-32)64(61,62)33-18-14-31(57)15-19-33)45(59)51-30-13-22-35(48)38(27-30)52-44-42(54-53-39-24-28(2)12-23-40(39)58)46(60)56(55-44)43-36(49)25-29(47)26-37(43)50/h12-27,41-42,57-58H,3-11H2,1-2H3,(H,51,59)(H,52,55). The molecule has 2 unspecified atom stereocenters. The summed E-state index contributed by atoms with van der Waals surface area (Å²) in [6, 6.07) is 21.9. The lowest BCUT2D eigenvalue weighted by atomic mass is 10.1. The van der Waals surface area contributed by atoms with E-state index in [1.54, 1.807) is 18.2 Å². The molecule has 0 spiro atoms. The average molecular weight is 969 g/mol. The molecule has 18 heteroatoms. The Morgan fingerprint density at radius 3 is 2.08 bits per heavy atom. The molecule has 336 valence electrons. The second-order valence-electron chi connectivity index (χ2n) is 15.1. The summed E-state index contributed by atoms with van der Waals surface area (Å²) in [5, 5.41) is 33.0. The SMILES string of the molecule is CCCCCCCCCCC(Oc1ccc(S(=O)(=O)c2ccc(O)cc2)cc1)C(=O)Nc1ccc(Cl)c(N=C2NN(c3c(Cl)cc(Cl)cc3Cl)C(=O)C2N=Nc2cc(C)ccc2O)c1. The maximum absolute atomic E-state index is 14.0. The number of carbonyl (C=O) groups is 2. The molecule has 0 aliphatic carbocycles. The van der Waals surface area contributed by atoms with Crippen molar-refractivity contribution in [2.75, 3.05) is 10.3 Å². The number of ether oxygens (including phenoxy) is 1. The van der Waals surface area contributed by atoms with Crippen LogP contribution in [0.4, 0.5) is 22.7 Å². The number of carbonyl (C=O) groups excluding carboxylic acids is 2. The fourth-order valence-corrected chi connectivity index (χ4v) is 9.17. The average Bonchev–Trinajstić information content (AvgIpc) is 3.55. The van der Waals surface area contributed by atoms with Gasteiger partial charge in [-0.1, -0.05) is 104 Å². The highest BCUT2D eigenvalue weighted by atomic mass is 35.5. The zero-order valence-electron chi connectivity index (χ0n) is 34.9. The number of amidine groups is 1. The van der Waals surface area contributed by atoms with Crippen LogP contribution in [-0.2, 0) is 19.4 Å². The number of phenols is 2. The van der Waals surface area contributed by atoms with Crippen molar-refractivity contribution in [3.8, 4) is 17.2 Å². The van der Waals surface area contributed by atoms with E-state index in [1.165, 1.54) is 91.7 Å². The number of hydrazine groups is 1. The Kier molecular flexibility index (Phi) is 16.5.